The number of para-hydroxylation sites is 1. The van der Waals surface area contributed by atoms with Gasteiger partial charge < -0.3 is 10.8 Å². The Bertz CT molecular complexity index is 448. The fraction of sp³-hybridized carbons (Fsp3) is 0.0769. The quantitative estimate of drug-likeness (QED) is 0.780. The highest BCUT2D eigenvalue weighted by Gasteiger charge is 2.01. The summed E-state index contributed by atoms with van der Waals surface area (Å²) in [5, 5.41) is 9.67. The first-order valence-electron chi connectivity index (χ1n) is 4.88. The third-order valence-electron chi connectivity index (χ3n) is 2.40. The van der Waals surface area contributed by atoms with Crippen LogP contribution in [-0.2, 0) is 6.54 Å². The number of hydrogen-bond donors (Lipinski definition) is 2. The molecule has 0 aromatic heterocycles. The minimum absolute atomic E-state index is 0.304. The molecular weight excluding hydrogens is 186 g/mol. The van der Waals surface area contributed by atoms with Gasteiger partial charge in [-0.2, -0.15) is 0 Å². The molecule has 0 bridgehead atoms. The molecule has 0 aliphatic heterocycles. The first-order chi connectivity index (χ1) is 7.31. The van der Waals surface area contributed by atoms with E-state index in [2.05, 4.69) is 0 Å². The molecule has 0 spiro atoms. The minimum atomic E-state index is 0.304. The summed E-state index contributed by atoms with van der Waals surface area (Å²) in [6.45, 7) is 0.543. The van der Waals surface area contributed by atoms with Gasteiger partial charge in [-0.05, 0) is 17.2 Å². The smallest absolute Gasteiger partial charge is 0.123 e. The number of aromatic hydroxyl groups is 1. The lowest BCUT2D eigenvalue weighted by molar-refractivity contribution is 0.477. The van der Waals surface area contributed by atoms with E-state index in [4.69, 9.17) is 5.73 Å². The van der Waals surface area contributed by atoms with E-state index in [9.17, 15) is 5.11 Å². The van der Waals surface area contributed by atoms with Gasteiger partial charge in [-0.25, -0.2) is 0 Å². The SMILES string of the molecule is NCc1ccc(-c2ccccc2O)cc1. The van der Waals surface area contributed by atoms with E-state index in [0.717, 1.165) is 16.7 Å². The Morgan fingerprint density at radius 2 is 1.60 bits per heavy atom. The second-order valence-electron chi connectivity index (χ2n) is 3.42. The molecule has 0 aliphatic rings. The number of rotatable bonds is 2. The molecule has 2 heteroatoms. The Labute approximate surface area is 89.0 Å². The van der Waals surface area contributed by atoms with Gasteiger partial charge in [0.05, 0.1) is 0 Å². The first kappa shape index (κ1) is 9.74. The number of nitrogens with two attached hydrogens (primary N) is 1. The van der Waals surface area contributed by atoms with Crippen LogP contribution in [0.25, 0.3) is 11.1 Å². The molecule has 0 heterocycles. The fourth-order valence-electron chi connectivity index (χ4n) is 1.54. The van der Waals surface area contributed by atoms with Crippen molar-refractivity contribution in [3.63, 3.8) is 0 Å². The van der Waals surface area contributed by atoms with Crippen LogP contribution in [0.4, 0.5) is 0 Å². The van der Waals surface area contributed by atoms with Crippen LogP contribution < -0.4 is 5.73 Å². The van der Waals surface area contributed by atoms with Crippen LogP contribution in [0.3, 0.4) is 0 Å². The summed E-state index contributed by atoms with van der Waals surface area (Å²) in [6.07, 6.45) is 0. The van der Waals surface area contributed by atoms with Crippen LogP contribution in [0.2, 0.25) is 0 Å². The molecule has 0 atom stereocenters. The molecule has 0 aliphatic carbocycles. The Balaban J connectivity index is 2.42. The average molecular weight is 199 g/mol. The molecule has 0 unspecified atom stereocenters. The van der Waals surface area contributed by atoms with Gasteiger partial charge in [-0.15, -0.1) is 0 Å². The first-order valence-corrected chi connectivity index (χ1v) is 4.88. The lowest BCUT2D eigenvalue weighted by Crippen LogP contribution is -1.95. The molecule has 2 aromatic rings. The predicted molar refractivity (Wildman–Crippen MR) is 61.4 cm³/mol. The van der Waals surface area contributed by atoms with Crippen LogP contribution in [0.15, 0.2) is 48.5 Å². The van der Waals surface area contributed by atoms with E-state index in [1.165, 1.54) is 0 Å². The van der Waals surface area contributed by atoms with Gasteiger partial charge in [0, 0.05) is 12.1 Å². The molecule has 2 aromatic carbocycles. The third-order valence-corrected chi connectivity index (χ3v) is 2.40. The van der Waals surface area contributed by atoms with Crippen molar-refractivity contribution >= 4 is 0 Å². The summed E-state index contributed by atoms with van der Waals surface area (Å²) >= 11 is 0. The molecule has 0 saturated carbocycles. The summed E-state index contributed by atoms with van der Waals surface area (Å²) in [6, 6.07) is 15.2. The summed E-state index contributed by atoms with van der Waals surface area (Å²) in [5.74, 6) is 0.304. The van der Waals surface area contributed by atoms with Crippen molar-refractivity contribution in [2.24, 2.45) is 5.73 Å². The summed E-state index contributed by atoms with van der Waals surface area (Å²) in [4.78, 5) is 0. The monoisotopic (exact) mass is 199 g/mol. The van der Waals surface area contributed by atoms with Gasteiger partial charge in [0.15, 0.2) is 0 Å². The number of phenolic OH excluding ortho intramolecular Hbond substituents is 1. The highest BCUT2D eigenvalue weighted by Crippen LogP contribution is 2.28. The van der Waals surface area contributed by atoms with Gasteiger partial charge >= 0.3 is 0 Å². The fourth-order valence-corrected chi connectivity index (χ4v) is 1.54. The maximum absolute atomic E-state index is 9.67. The third kappa shape index (κ3) is 2.00. The lowest BCUT2D eigenvalue weighted by atomic mass is 10.0. The average Bonchev–Trinajstić information content (AvgIpc) is 2.30. The standard InChI is InChI=1S/C13H13NO/c14-9-10-5-7-11(8-6-10)12-3-1-2-4-13(12)15/h1-8,15H,9,14H2. The van der Waals surface area contributed by atoms with Crippen molar-refractivity contribution < 1.29 is 5.11 Å². The van der Waals surface area contributed by atoms with Crippen LogP contribution in [0.1, 0.15) is 5.56 Å². The van der Waals surface area contributed by atoms with E-state index in [1.54, 1.807) is 6.07 Å². The van der Waals surface area contributed by atoms with E-state index >= 15 is 0 Å². The number of phenols is 1. The maximum atomic E-state index is 9.67. The zero-order valence-electron chi connectivity index (χ0n) is 8.35. The van der Waals surface area contributed by atoms with Crippen molar-refractivity contribution in [1.29, 1.82) is 0 Å². The predicted octanol–water partition coefficient (Wildman–Crippen LogP) is 2.52. The van der Waals surface area contributed by atoms with Crippen molar-refractivity contribution in [3.8, 4) is 16.9 Å². The topological polar surface area (TPSA) is 46.2 Å². The maximum Gasteiger partial charge on any atom is 0.123 e. The highest BCUT2D eigenvalue weighted by atomic mass is 16.3. The van der Waals surface area contributed by atoms with Crippen molar-refractivity contribution in [2.75, 3.05) is 0 Å². The van der Waals surface area contributed by atoms with Crippen LogP contribution in [0.5, 0.6) is 5.75 Å². The second-order valence-corrected chi connectivity index (χ2v) is 3.42. The van der Waals surface area contributed by atoms with E-state index < -0.39 is 0 Å². The molecule has 0 saturated heterocycles. The number of hydrogen-bond acceptors (Lipinski definition) is 2. The van der Waals surface area contributed by atoms with Crippen molar-refractivity contribution in [1.82, 2.24) is 0 Å². The highest BCUT2D eigenvalue weighted by molar-refractivity contribution is 5.69. The Morgan fingerprint density at radius 1 is 0.933 bits per heavy atom. The largest absolute Gasteiger partial charge is 0.507 e. The lowest BCUT2D eigenvalue weighted by Gasteiger charge is -2.05. The Kier molecular flexibility index (Phi) is 2.70. The van der Waals surface area contributed by atoms with Gasteiger partial charge in [0.1, 0.15) is 5.75 Å². The normalized spacial score (nSPS) is 10.2. The molecular formula is C13H13NO. The van der Waals surface area contributed by atoms with E-state index in [1.807, 2.05) is 42.5 Å². The van der Waals surface area contributed by atoms with Crippen LogP contribution in [0, 0.1) is 0 Å². The summed E-state index contributed by atoms with van der Waals surface area (Å²) in [7, 11) is 0. The van der Waals surface area contributed by atoms with Gasteiger partial charge in [0.2, 0.25) is 0 Å². The van der Waals surface area contributed by atoms with Gasteiger partial charge in [0.25, 0.3) is 0 Å². The molecule has 3 N–H and O–H groups in total. The minimum Gasteiger partial charge on any atom is -0.507 e. The molecule has 15 heavy (non-hydrogen) atoms. The van der Waals surface area contributed by atoms with Crippen LogP contribution in [-0.4, -0.2) is 5.11 Å². The van der Waals surface area contributed by atoms with Crippen LogP contribution >= 0.6 is 0 Å². The second kappa shape index (κ2) is 4.15. The van der Waals surface area contributed by atoms with E-state index in [0.29, 0.717) is 12.3 Å². The molecule has 0 radical (unpaired) electrons. The summed E-state index contributed by atoms with van der Waals surface area (Å²) in [5.41, 5.74) is 8.46. The van der Waals surface area contributed by atoms with Gasteiger partial charge in [-0.1, -0.05) is 42.5 Å². The molecule has 0 fully saturated rings. The number of benzene rings is 2. The molecule has 0 amide bonds. The Hall–Kier alpha value is -1.80. The summed E-state index contributed by atoms with van der Waals surface area (Å²) < 4.78 is 0. The molecule has 2 rings (SSSR count). The zero-order chi connectivity index (χ0) is 10.7. The zero-order valence-corrected chi connectivity index (χ0v) is 8.35. The van der Waals surface area contributed by atoms with Crippen molar-refractivity contribution in [3.05, 3.63) is 54.1 Å². The molecule has 2 nitrogen and oxygen atoms in total. The Morgan fingerprint density at radius 3 is 2.20 bits per heavy atom. The van der Waals surface area contributed by atoms with E-state index in [-0.39, 0.29) is 0 Å². The van der Waals surface area contributed by atoms with Crippen molar-refractivity contribution in [2.45, 2.75) is 6.54 Å². The van der Waals surface area contributed by atoms with Gasteiger partial charge in [-0.3, -0.25) is 0 Å². The molecule has 76 valence electrons.